The third kappa shape index (κ3) is 2.44. The molecular formula is C10H8FN3O2S. The second kappa shape index (κ2) is 4.54. The van der Waals surface area contributed by atoms with Gasteiger partial charge in [0.05, 0.1) is 5.56 Å². The van der Waals surface area contributed by atoms with Gasteiger partial charge in [-0.25, -0.2) is 9.18 Å². The van der Waals surface area contributed by atoms with Crippen molar-refractivity contribution < 1.29 is 14.3 Å². The summed E-state index contributed by atoms with van der Waals surface area (Å²) in [5.41, 5.74) is -0.0852. The molecule has 1 aromatic heterocycles. The topological polar surface area (TPSA) is 68.0 Å². The van der Waals surface area contributed by atoms with E-state index in [1.807, 2.05) is 0 Å². The van der Waals surface area contributed by atoms with E-state index < -0.39 is 11.8 Å². The van der Waals surface area contributed by atoms with Crippen LogP contribution in [0.5, 0.6) is 0 Å². The molecule has 0 aliphatic heterocycles. The second-order valence-corrected chi connectivity index (χ2v) is 4.28. The van der Waals surface area contributed by atoms with Crippen molar-refractivity contribution in [3.05, 3.63) is 35.9 Å². The highest BCUT2D eigenvalue weighted by Gasteiger charge is 2.14. The summed E-state index contributed by atoms with van der Waals surface area (Å²) in [6, 6.07) is 3.62. The van der Waals surface area contributed by atoms with Crippen LogP contribution in [0.25, 0.3) is 0 Å². The summed E-state index contributed by atoms with van der Waals surface area (Å²) in [7, 11) is 1.74. The summed E-state index contributed by atoms with van der Waals surface area (Å²) in [5.74, 6) is -1.75. The zero-order valence-electron chi connectivity index (χ0n) is 8.79. The average Bonchev–Trinajstić information content (AvgIpc) is 2.67. The standard InChI is InChI=1S/C10H8FN3O2S/c1-14-5-12-13-10(14)17-8-3-2-6(11)4-7(8)9(15)16/h2-5H,1H3,(H,15,16). The Morgan fingerprint density at radius 2 is 2.29 bits per heavy atom. The van der Waals surface area contributed by atoms with Crippen LogP contribution in [0.15, 0.2) is 34.6 Å². The number of nitrogens with zero attached hydrogens (tertiary/aromatic N) is 3. The predicted octanol–water partition coefficient (Wildman–Crippen LogP) is 1.80. The van der Waals surface area contributed by atoms with Gasteiger partial charge in [0.25, 0.3) is 0 Å². The van der Waals surface area contributed by atoms with Crippen LogP contribution in [0.3, 0.4) is 0 Å². The normalized spacial score (nSPS) is 10.5. The fourth-order valence-corrected chi connectivity index (χ4v) is 2.09. The molecule has 0 unspecified atom stereocenters. The van der Waals surface area contributed by atoms with E-state index in [4.69, 9.17) is 5.11 Å². The van der Waals surface area contributed by atoms with Crippen LogP contribution in [-0.2, 0) is 7.05 Å². The molecule has 0 saturated carbocycles. The third-order valence-corrected chi connectivity index (χ3v) is 3.17. The van der Waals surface area contributed by atoms with Crippen LogP contribution in [0.1, 0.15) is 10.4 Å². The van der Waals surface area contributed by atoms with Gasteiger partial charge in [-0.2, -0.15) is 0 Å². The van der Waals surface area contributed by atoms with Crippen LogP contribution >= 0.6 is 11.8 Å². The number of rotatable bonds is 3. The Labute approximate surface area is 100 Å². The van der Waals surface area contributed by atoms with Crippen molar-refractivity contribution in [2.45, 2.75) is 10.1 Å². The zero-order chi connectivity index (χ0) is 12.4. The minimum Gasteiger partial charge on any atom is -0.478 e. The Hall–Kier alpha value is -1.89. The lowest BCUT2D eigenvalue weighted by Gasteiger charge is -2.04. The van der Waals surface area contributed by atoms with Crippen molar-refractivity contribution in [2.24, 2.45) is 7.05 Å². The van der Waals surface area contributed by atoms with Crippen molar-refractivity contribution in [1.29, 1.82) is 0 Å². The molecule has 0 aliphatic carbocycles. The quantitative estimate of drug-likeness (QED) is 0.903. The van der Waals surface area contributed by atoms with Gasteiger partial charge in [-0.3, -0.25) is 0 Å². The summed E-state index contributed by atoms with van der Waals surface area (Å²) in [6.07, 6.45) is 1.51. The first-order valence-electron chi connectivity index (χ1n) is 4.62. The van der Waals surface area contributed by atoms with Crippen LogP contribution in [0, 0.1) is 5.82 Å². The van der Waals surface area contributed by atoms with Gasteiger partial charge in [-0.1, -0.05) is 0 Å². The number of halogens is 1. The van der Waals surface area contributed by atoms with Crippen LogP contribution in [0.4, 0.5) is 4.39 Å². The molecule has 0 amide bonds. The molecule has 2 aromatic rings. The number of carbonyl (C=O) groups is 1. The van der Waals surface area contributed by atoms with Crippen molar-refractivity contribution >= 4 is 17.7 Å². The van der Waals surface area contributed by atoms with Crippen molar-refractivity contribution in [3.63, 3.8) is 0 Å². The lowest BCUT2D eigenvalue weighted by Crippen LogP contribution is -2.00. The first-order chi connectivity index (χ1) is 8.08. The van der Waals surface area contributed by atoms with Gasteiger partial charge in [-0.15, -0.1) is 10.2 Å². The van der Waals surface area contributed by atoms with Gasteiger partial charge in [-0.05, 0) is 30.0 Å². The molecule has 5 nitrogen and oxygen atoms in total. The van der Waals surface area contributed by atoms with E-state index in [2.05, 4.69) is 10.2 Å². The van der Waals surface area contributed by atoms with E-state index in [0.717, 1.165) is 17.8 Å². The van der Waals surface area contributed by atoms with Gasteiger partial charge in [0.1, 0.15) is 12.1 Å². The predicted molar refractivity (Wildman–Crippen MR) is 58.5 cm³/mol. The van der Waals surface area contributed by atoms with Crippen molar-refractivity contribution in [1.82, 2.24) is 14.8 Å². The highest BCUT2D eigenvalue weighted by Crippen LogP contribution is 2.29. The molecule has 88 valence electrons. The number of benzene rings is 1. The summed E-state index contributed by atoms with van der Waals surface area (Å²) in [5, 5.41) is 17.0. The van der Waals surface area contributed by atoms with Crippen LogP contribution < -0.4 is 0 Å². The number of aromatic carboxylic acids is 1. The smallest absolute Gasteiger partial charge is 0.336 e. The van der Waals surface area contributed by atoms with E-state index >= 15 is 0 Å². The van der Waals surface area contributed by atoms with Gasteiger partial charge in [0, 0.05) is 11.9 Å². The molecule has 0 radical (unpaired) electrons. The molecule has 1 heterocycles. The maximum atomic E-state index is 13.0. The lowest BCUT2D eigenvalue weighted by atomic mass is 10.2. The highest BCUT2D eigenvalue weighted by atomic mass is 32.2. The van der Waals surface area contributed by atoms with E-state index in [9.17, 15) is 9.18 Å². The minimum atomic E-state index is -1.17. The maximum absolute atomic E-state index is 13.0. The van der Waals surface area contributed by atoms with Gasteiger partial charge in [0.2, 0.25) is 0 Å². The molecule has 0 bridgehead atoms. The summed E-state index contributed by atoms with van der Waals surface area (Å²) in [6.45, 7) is 0. The molecule has 7 heteroatoms. The van der Waals surface area contributed by atoms with E-state index in [0.29, 0.717) is 10.1 Å². The molecule has 0 saturated heterocycles. The molecule has 1 N–H and O–H groups in total. The van der Waals surface area contributed by atoms with Gasteiger partial charge < -0.3 is 9.67 Å². The third-order valence-electron chi connectivity index (χ3n) is 2.04. The molecule has 17 heavy (non-hydrogen) atoms. The first-order valence-corrected chi connectivity index (χ1v) is 5.44. The Kier molecular flexibility index (Phi) is 3.10. The largest absolute Gasteiger partial charge is 0.478 e. The molecule has 1 aromatic carbocycles. The zero-order valence-corrected chi connectivity index (χ0v) is 9.61. The number of hydrogen-bond acceptors (Lipinski definition) is 4. The average molecular weight is 253 g/mol. The van der Waals surface area contributed by atoms with Crippen molar-refractivity contribution in [2.75, 3.05) is 0 Å². The fraction of sp³-hybridized carbons (Fsp3) is 0.100. The van der Waals surface area contributed by atoms with E-state index in [-0.39, 0.29) is 5.56 Å². The summed E-state index contributed by atoms with van der Waals surface area (Å²) < 4.78 is 14.6. The Bertz CT molecular complexity index is 570. The highest BCUT2D eigenvalue weighted by molar-refractivity contribution is 7.99. The van der Waals surface area contributed by atoms with E-state index in [1.165, 1.54) is 18.5 Å². The summed E-state index contributed by atoms with van der Waals surface area (Å²) in [4.78, 5) is 11.4. The molecule has 0 spiro atoms. The fourth-order valence-electron chi connectivity index (χ4n) is 1.22. The molecule has 0 atom stereocenters. The number of hydrogen-bond donors (Lipinski definition) is 1. The Balaban J connectivity index is 2.39. The van der Waals surface area contributed by atoms with Crippen LogP contribution in [-0.4, -0.2) is 25.8 Å². The monoisotopic (exact) mass is 253 g/mol. The maximum Gasteiger partial charge on any atom is 0.336 e. The Morgan fingerprint density at radius 3 is 2.88 bits per heavy atom. The SMILES string of the molecule is Cn1cnnc1Sc1ccc(F)cc1C(=O)O. The first kappa shape index (κ1) is 11.6. The lowest BCUT2D eigenvalue weighted by molar-refractivity contribution is 0.0692. The van der Waals surface area contributed by atoms with Gasteiger partial charge >= 0.3 is 5.97 Å². The Morgan fingerprint density at radius 1 is 1.53 bits per heavy atom. The minimum absolute atomic E-state index is 0.0852. The number of aryl methyl sites for hydroxylation is 1. The molecule has 0 aliphatic rings. The number of carboxylic acid groups (broad SMARTS) is 1. The van der Waals surface area contributed by atoms with Crippen LogP contribution in [0.2, 0.25) is 0 Å². The summed E-state index contributed by atoms with van der Waals surface area (Å²) >= 11 is 1.13. The number of carboxylic acids is 1. The molecule has 0 fully saturated rings. The molecule has 2 rings (SSSR count). The second-order valence-electron chi connectivity index (χ2n) is 3.27. The number of aromatic nitrogens is 3. The van der Waals surface area contributed by atoms with E-state index in [1.54, 1.807) is 11.6 Å². The van der Waals surface area contributed by atoms with Gasteiger partial charge in [0.15, 0.2) is 5.16 Å². The molecular weight excluding hydrogens is 245 g/mol. The van der Waals surface area contributed by atoms with Crippen molar-refractivity contribution in [3.8, 4) is 0 Å².